The second-order valence-electron chi connectivity index (χ2n) is 29.3. The molecule has 2 aromatic heterocycles. The number of benzene rings is 3. The average Bonchev–Trinajstić information content (AvgIpc) is 1.82. The third-order valence-electron chi connectivity index (χ3n) is 22.0. The van der Waals surface area contributed by atoms with Crippen LogP contribution in [0.25, 0.3) is 21.1 Å². The van der Waals surface area contributed by atoms with Gasteiger partial charge in [0.2, 0.25) is 5.91 Å². The Hall–Kier alpha value is -4.02. The first-order valence-corrected chi connectivity index (χ1v) is 38.9. The van der Waals surface area contributed by atoms with Gasteiger partial charge in [-0.2, -0.15) is 8.42 Å². The molecule has 0 radical (unpaired) electrons. The van der Waals surface area contributed by atoms with Crippen LogP contribution in [0.3, 0.4) is 0 Å². The van der Waals surface area contributed by atoms with Crippen LogP contribution in [0.4, 0.5) is 0 Å². The van der Waals surface area contributed by atoms with Crippen LogP contribution in [0.15, 0.2) is 82.2 Å². The van der Waals surface area contributed by atoms with Crippen molar-refractivity contribution in [1.29, 1.82) is 0 Å². The number of thiazole rings is 2. The van der Waals surface area contributed by atoms with Gasteiger partial charge in [-0.15, -0.1) is 22.7 Å². The molecule has 23 heteroatoms. The number of likely N-dealkylation sites (tertiary alicyclic amines) is 4. The summed E-state index contributed by atoms with van der Waals surface area (Å²) in [6.45, 7) is 14.6. The summed E-state index contributed by atoms with van der Waals surface area (Å²) in [5.74, 6) is 2.08. The lowest BCUT2D eigenvalue weighted by atomic mass is 9.88. The minimum Gasteiger partial charge on any atom is -0.490 e. The summed E-state index contributed by atoms with van der Waals surface area (Å²) in [5.41, 5.74) is 4.75. The summed E-state index contributed by atoms with van der Waals surface area (Å²) in [5, 5.41) is 14.8. The Morgan fingerprint density at radius 1 is 0.547 bits per heavy atom. The number of carbonyl (C=O) groups excluding carboxylic acids is 1. The number of rotatable bonds is 17. The number of halogens is 1. The van der Waals surface area contributed by atoms with Crippen molar-refractivity contribution in [3.63, 3.8) is 0 Å². The summed E-state index contributed by atoms with van der Waals surface area (Å²) < 4.78 is 43.2. The van der Waals surface area contributed by atoms with Crippen LogP contribution in [0.2, 0.25) is 0 Å². The molecule has 15 rings (SSSR count). The molecule has 4 saturated heterocycles. The third kappa shape index (κ3) is 18.0. The fraction of sp³-hybridized carbons (Fsp3) is 0.653. The lowest BCUT2D eigenvalue weighted by Crippen LogP contribution is -2.49. The molecular weight excluding hydrogens is 1320 g/mol. The van der Waals surface area contributed by atoms with Gasteiger partial charge >= 0.3 is 0 Å². The topological polar surface area (TPSA) is 166 Å². The van der Waals surface area contributed by atoms with Gasteiger partial charge in [0.05, 0.1) is 35.0 Å². The fourth-order valence-corrected chi connectivity index (χ4v) is 18.7. The van der Waals surface area contributed by atoms with Crippen molar-refractivity contribution in [3.8, 4) is 32.6 Å². The molecule has 95 heavy (non-hydrogen) atoms. The monoisotopic (exact) mass is 1420 g/mol. The van der Waals surface area contributed by atoms with Crippen molar-refractivity contribution in [2.24, 2.45) is 0 Å². The van der Waals surface area contributed by atoms with Gasteiger partial charge in [0.25, 0.3) is 10.1 Å². The zero-order valence-electron chi connectivity index (χ0n) is 57.7. The Morgan fingerprint density at radius 3 is 1.34 bits per heavy atom. The van der Waals surface area contributed by atoms with Crippen molar-refractivity contribution < 1.29 is 32.0 Å². The molecule has 6 aliphatic heterocycles. The first-order chi connectivity index (χ1) is 45.6. The molecule has 4 unspecified atom stereocenters. The molecule has 4 saturated carbocycles. The van der Waals surface area contributed by atoms with E-state index in [4.69, 9.17) is 23.6 Å². The number of nitrogens with zero attached hydrogens (tertiary/aromatic N) is 11. The summed E-state index contributed by atoms with van der Waals surface area (Å²) in [6, 6.07) is 28.8. The summed E-state index contributed by atoms with van der Waals surface area (Å²) in [4.78, 5) is 45.7. The van der Waals surface area contributed by atoms with E-state index in [1.165, 1.54) is 86.0 Å². The average molecular weight is 1430 g/mol. The largest absolute Gasteiger partial charge is 0.490 e. The highest BCUT2D eigenvalue weighted by atomic mass is 79.9. The molecule has 5 aromatic rings. The van der Waals surface area contributed by atoms with Crippen molar-refractivity contribution in [2.75, 3.05) is 122 Å². The number of likely N-dealkylation sites (N-methyl/N-ethyl adjacent to an activating group) is 4. The Morgan fingerprint density at radius 2 is 0.947 bits per heavy atom. The van der Waals surface area contributed by atoms with Gasteiger partial charge in [-0.25, -0.2) is 9.97 Å². The van der Waals surface area contributed by atoms with E-state index < -0.39 is 10.1 Å². The number of aromatic nitrogens is 2. The highest BCUT2D eigenvalue weighted by molar-refractivity contribution is 9.10. The number of aliphatic hydroxyl groups is 1. The van der Waals surface area contributed by atoms with Crippen molar-refractivity contribution >= 4 is 54.6 Å². The maximum Gasteiger partial charge on any atom is 0.297 e. The summed E-state index contributed by atoms with van der Waals surface area (Å²) >= 11 is 6.83. The molecule has 8 fully saturated rings. The second kappa shape index (κ2) is 31.7. The number of hydrogen-bond donors (Lipinski definition) is 2. The van der Waals surface area contributed by atoms with Crippen molar-refractivity contribution in [2.45, 2.75) is 188 Å². The first-order valence-electron chi connectivity index (χ1n) is 35.1. The van der Waals surface area contributed by atoms with Crippen LogP contribution in [0.5, 0.6) is 11.5 Å². The van der Waals surface area contributed by atoms with Crippen molar-refractivity contribution in [1.82, 2.24) is 59.4 Å². The SMILES string of the molecule is CC(=O)N1CCc2nc(-c3ccc(OC4CC(N5CCC(N(C)C)C5)C4)cc3)sc2C1.CN(C)C1CCN(C2CC(O)C2)C1.CN(C)C1CCN(C2CC(OS(=O)(=O)c3ccc(Br)cc3)C2)C1.CN(C)C1CCN(C2CC(Oc3ccc(-c4nc5c(s4)CNCC5)cc3)C2)C1. The Balaban J connectivity index is 0.000000126. The fourth-order valence-electron chi connectivity index (χ4n) is 15.1. The molecule has 10 aliphatic rings. The summed E-state index contributed by atoms with van der Waals surface area (Å²) in [6.07, 6.45) is 15.6. The van der Waals surface area contributed by atoms with E-state index in [0.717, 1.165) is 146 Å². The summed E-state index contributed by atoms with van der Waals surface area (Å²) in [7, 11) is 13.7. The first kappa shape index (κ1) is 70.8. The molecular formula is C72H105BrN12O7S3. The number of fused-ring (bicyclic) bond motifs is 2. The highest BCUT2D eigenvalue weighted by Gasteiger charge is 2.43. The zero-order chi connectivity index (χ0) is 66.7. The highest BCUT2D eigenvalue weighted by Crippen LogP contribution is 2.39. The van der Waals surface area contributed by atoms with Crippen LogP contribution >= 0.6 is 38.6 Å². The molecule has 19 nitrogen and oxygen atoms in total. The lowest BCUT2D eigenvalue weighted by Gasteiger charge is -2.41. The Bertz CT molecular complexity index is 3380. The van der Waals surface area contributed by atoms with Gasteiger partial charge in [0.15, 0.2) is 0 Å². The number of amides is 1. The van der Waals surface area contributed by atoms with Gasteiger partial charge in [-0.3, -0.25) is 28.6 Å². The van der Waals surface area contributed by atoms with E-state index in [-0.39, 0.29) is 23.0 Å². The number of hydrogen-bond acceptors (Lipinski definition) is 20. The van der Waals surface area contributed by atoms with E-state index in [1.807, 2.05) is 16.2 Å². The zero-order valence-corrected chi connectivity index (χ0v) is 61.7. The number of nitrogens with one attached hydrogen (secondary N) is 1. The molecule has 8 heterocycles. The van der Waals surface area contributed by atoms with Gasteiger partial charge in [-0.1, -0.05) is 15.9 Å². The van der Waals surface area contributed by atoms with Crippen LogP contribution in [-0.4, -0.2) is 268 Å². The maximum absolute atomic E-state index is 12.3. The van der Waals surface area contributed by atoms with Crippen molar-refractivity contribution in [3.05, 3.63) is 98.4 Å². The molecule has 4 aliphatic carbocycles. The van der Waals surface area contributed by atoms with Gasteiger partial charge < -0.3 is 44.4 Å². The van der Waals surface area contributed by atoms with Gasteiger partial charge in [-0.05, 0) is 181 Å². The number of carbonyl (C=O) groups is 1. The smallest absolute Gasteiger partial charge is 0.297 e. The van der Waals surface area contributed by atoms with Crippen LogP contribution < -0.4 is 14.8 Å². The van der Waals surface area contributed by atoms with E-state index in [2.05, 4.69) is 165 Å². The van der Waals surface area contributed by atoms with E-state index >= 15 is 0 Å². The molecule has 2 N–H and O–H groups in total. The lowest BCUT2D eigenvalue weighted by molar-refractivity contribution is -0.129. The number of ether oxygens (including phenoxy) is 2. The maximum atomic E-state index is 12.3. The Labute approximate surface area is 582 Å². The molecule has 0 bridgehead atoms. The molecule has 520 valence electrons. The quantitative estimate of drug-likeness (QED) is 0.0848. The normalized spacial score (nSPS) is 29.3. The van der Waals surface area contributed by atoms with E-state index in [9.17, 15) is 18.3 Å². The minimum atomic E-state index is -3.66. The van der Waals surface area contributed by atoms with Crippen LogP contribution in [0.1, 0.15) is 105 Å². The van der Waals surface area contributed by atoms with E-state index in [0.29, 0.717) is 55.0 Å². The Kier molecular flexibility index (Phi) is 23.6. The molecule has 0 spiro atoms. The third-order valence-corrected chi connectivity index (χ3v) is 26.2. The van der Waals surface area contributed by atoms with Crippen LogP contribution in [-0.2, 0) is 45.0 Å². The van der Waals surface area contributed by atoms with Crippen LogP contribution in [0, 0.1) is 0 Å². The standard InChI is InChI=1S/C24H32N4O2S.C22H30N4OS.C16H23BrN2O3S.C10H20N2O/c1-16(29)27-11-9-22-23(15-27)31-24(25-22)17-4-6-20(7-5-17)30-21-12-19(13-21)28-10-8-18(14-28)26(2)3;1-25(2)16-8-10-26(14-16)17-11-19(12-17)27-18-5-3-15(4-6-18)22-24-20-7-9-23-13-21(20)28-22;1-18(2)13-7-8-19(11-13)14-9-15(10-14)22-23(20,21)16-5-3-12(17)4-6-16;1-11(2)8-3-4-12(7-8)9-5-10(13)6-9/h4-7,18-19,21H,8-15H2,1-3H3;3-6,16-17,19,23H,7-14H2,1-2H3;3-6,13-15H,7-11H2,1-2H3;8-10,13H,3-7H2,1-2H3. The number of aliphatic hydroxyl groups excluding tert-OH is 1. The minimum absolute atomic E-state index is 0.0107. The molecule has 1 amide bonds. The molecule has 4 atom stereocenters. The second-order valence-corrected chi connectivity index (χ2v) is 34.0. The molecule has 3 aromatic carbocycles. The van der Waals surface area contributed by atoms with Gasteiger partial charge in [0.1, 0.15) is 33.7 Å². The van der Waals surface area contributed by atoms with E-state index in [1.54, 1.807) is 42.5 Å². The predicted molar refractivity (Wildman–Crippen MR) is 383 cm³/mol. The predicted octanol–water partition coefficient (Wildman–Crippen LogP) is 8.73. The van der Waals surface area contributed by atoms with Gasteiger partial charge in [0, 0.05) is 191 Å².